The predicted octanol–water partition coefficient (Wildman–Crippen LogP) is 7.78. The Morgan fingerprint density at radius 1 is 0.692 bits per heavy atom. The van der Waals surface area contributed by atoms with Crippen LogP contribution in [0.1, 0.15) is 102 Å². The second-order valence-electron chi connectivity index (χ2n) is 18.7. The maximum atomic E-state index is 14.0. The Hall–Kier alpha value is -7.00. The van der Waals surface area contributed by atoms with Crippen molar-refractivity contribution in [1.29, 1.82) is 0 Å². The molecule has 0 saturated carbocycles. The minimum absolute atomic E-state index is 0.0144. The molecule has 1 aromatic carbocycles. The van der Waals surface area contributed by atoms with Gasteiger partial charge in [-0.05, 0) is 108 Å². The molecule has 6 heterocycles. The minimum Gasteiger partial charge on any atom is -0.487 e. The van der Waals surface area contributed by atoms with E-state index in [-0.39, 0.29) is 53.8 Å². The summed E-state index contributed by atoms with van der Waals surface area (Å²) in [5, 5.41) is 16.5. The van der Waals surface area contributed by atoms with Crippen LogP contribution in [-0.2, 0) is 57.7 Å². The molecule has 7 aromatic rings. The van der Waals surface area contributed by atoms with E-state index in [4.69, 9.17) is 4.74 Å². The van der Waals surface area contributed by atoms with Gasteiger partial charge in [-0.25, -0.2) is 0 Å². The smallest absolute Gasteiger partial charge is 0.287 e. The van der Waals surface area contributed by atoms with Crippen LogP contribution >= 0.6 is 0 Å². The third kappa shape index (κ3) is 9.60. The summed E-state index contributed by atoms with van der Waals surface area (Å²) in [5.41, 5.74) is 2.94. The number of hydrogen-bond donors (Lipinski definition) is 1. The maximum Gasteiger partial charge on any atom is 0.287 e. The second kappa shape index (κ2) is 17.5. The van der Waals surface area contributed by atoms with Gasteiger partial charge in [-0.3, -0.25) is 39.3 Å². The number of nitrogens with zero attached hydrogens (tertiary/aromatic N) is 7. The molecule has 0 aliphatic heterocycles. The summed E-state index contributed by atoms with van der Waals surface area (Å²) in [7, 11) is 6.97. The van der Waals surface area contributed by atoms with Crippen LogP contribution in [0.25, 0.3) is 21.8 Å². The normalized spacial score (nSPS) is 12.3. The van der Waals surface area contributed by atoms with E-state index in [0.29, 0.717) is 52.5 Å². The Bertz CT molecular complexity index is 3010. The molecule has 0 bridgehead atoms. The minimum atomic E-state index is -0.941. The number of nitro groups is 1. The van der Waals surface area contributed by atoms with Gasteiger partial charge in [0.25, 0.3) is 5.69 Å². The standard InChI is InChI=1S/C50H56N8O7/c1-48(2,65-42-15-18-52-46-36(42)14-13-34-12-11-17-51-45(34)46)16-19-53-50(5,6)47(62)39-21-31(27-55(39)8)22-40(59)37-20-32(28-54(37)7)25-44(61)49(3,4)43-24-33(29-57(43)10)23-41(60)38-26-35(58(63)64)30-56(38)9/h11-15,17-18,20-21,24,26-30,53H,16,19,22-23,25H2,1-10H3. The number of benzene rings is 1. The molecule has 0 aliphatic carbocycles. The van der Waals surface area contributed by atoms with Gasteiger partial charge in [0.2, 0.25) is 0 Å². The predicted molar refractivity (Wildman–Crippen MR) is 249 cm³/mol. The zero-order valence-electron chi connectivity index (χ0n) is 38.7. The second-order valence-corrected chi connectivity index (χ2v) is 18.7. The van der Waals surface area contributed by atoms with Crippen molar-refractivity contribution < 1.29 is 28.8 Å². The Labute approximate surface area is 377 Å². The zero-order chi connectivity index (χ0) is 47.2. The van der Waals surface area contributed by atoms with E-state index in [1.165, 1.54) is 16.8 Å². The highest BCUT2D eigenvalue weighted by atomic mass is 16.6. The molecule has 0 radical (unpaired) electrons. The number of aryl methyl sites for hydroxylation is 4. The van der Waals surface area contributed by atoms with Crippen LogP contribution in [0, 0.1) is 10.1 Å². The highest BCUT2D eigenvalue weighted by Crippen LogP contribution is 2.33. The van der Waals surface area contributed by atoms with Crippen LogP contribution in [0.5, 0.6) is 5.75 Å². The summed E-state index contributed by atoms with van der Waals surface area (Å²) in [6.07, 6.45) is 10.9. The Kier molecular flexibility index (Phi) is 12.4. The van der Waals surface area contributed by atoms with Gasteiger partial charge in [0.1, 0.15) is 22.7 Å². The number of rotatable bonds is 19. The fourth-order valence-electron chi connectivity index (χ4n) is 8.58. The van der Waals surface area contributed by atoms with Crippen molar-refractivity contribution in [3.05, 3.63) is 141 Å². The molecule has 0 fully saturated rings. The van der Waals surface area contributed by atoms with Crippen molar-refractivity contribution in [2.24, 2.45) is 28.2 Å². The van der Waals surface area contributed by atoms with Crippen molar-refractivity contribution in [3.63, 3.8) is 0 Å². The fourth-order valence-corrected chi connectivity index (χ4v) is 8.58. The lowest BCUT2D eigenvalue weighted by Crippen LogP contribution is -2.49. The van der Waals surface area contributed by atoms with Crippen LogP contribution in [-0.4, -0.2) is 74.0 Å². The third-order valence-corrected chi connectivity index (χ3v) is 12.3. The van der Waals surface area contributed by atoms with Gasteiger partial charge in [0.15, 0.2) is 17.3 Å². The number of ketones is 4. The first-order chi connectivity index (χ1) is 30.5. The molecular weight excluding hydrogens is 825 g/mol. The first-order valence-electron chi connectivity index (χ1n) is 21.5. The maximum absolute atomic E-state index is 14.0. The number of pyridine rings is 2. The number of hydrogen-bond acceptors (Lipinski definition) is 10. The van der Waals surface area contributed by atoms with Crippen molar-refractivity contribution >= 4 is 50.6 Å². The summed E-state index contributed by atoms with van der Waals surface area (Å²) in [5.74, 6) is 0.0991. The topological polar surface area (TPSA) is 178 Å². The molecule has 15 heteroatoms. The summed E-state index contributed by atoms with van der Waals surface area (Å²) >= 11 is 0. The number of nitrogens with one attached hydrogen (secondary N) is 1. The number of carbonyl (C=O) groups is 4. The van der Waals surface area contributed by atoms with Crippen LogP contribution in [0.4, 0.5) is 5.69 Å². The largest absolute Gasteiger partial charge is 0.487 e. The molecule has 0 amide bonds. The highest BCUT2D eigenvalue weighted by molar-refractivity contribution is 6.05. The summed E-state index contributed by atoms with van der Waals surface area (Å²) < 4.78 is 13.3. The van der Waals surface area contributed by atoms with E-state index in [9.17, 15) is 29.3 Å². The number of Topliss-reactive ketones (excluding diaryl/α,β-unsaturated/α-hetero) is 4. The van der Waals surface area contributed by atoms with E-state index in [1.54, 1.807) is 73.4 Å². The molecule has 338 valence electrons. The molecule has 0 unspecified atom stereocenters. The number of carbonyl (C=O) groups excluding carboxylic acids is 4. The third-order valence-electron chi connectivity index (χ3n) is 12.3. The first-order valence-corrected chi connectivity index (χ1v) is 21.5. The Morgan fingerprint density at radius 3 is 1.95 bits per heavy atom. The molecule has 6 aromatic heterocycles. The first kappa shape index (κ1) is 46.0. The van der Waals surface area contributed by atoms with E-state index < -0.39 is 21.5 Å². The van der Waals surface area contributed by atoms with Gasteiger partial charge >= 0.3 is 0 Å². The average molecular weight is 881 g/mol. The van der Waals surface area contributed by atoms with Crippen LogP contribution in [0.2, 0.25) is 0 Å². The van der Waals surface area contributed by atoms with Gasteiger partial charge in [-0.2, -0.15) is 0 Å². The van der Waals surface area contributed by atoms with Gasteiger partial charge in [-0.15, -0.1) is 0 Å². The Balaban J connectivity index is 0.947. The van der Waals surface area contributed by atoms with Crippen LogP contribution in [0.3, 0.4) is 0 Å². The molecule has 7 rings (SSSR count). The lowest BCUT2D eigenvalue weighted by molar-refractivity contribution is -0.384. The lowest BCUT2D eigenvalue weighted by atomic mass is 9.81. The molecule has 65 heavy (non-hydrogen) atoms. The molecule has 0 saturated heterocycles. The monoisotopic (exact) mass is 880 g/mol. The van der Waals surface area contributed by atoms with Crippen molar-refractivity contribution in [2.45, 2.75) is 83.8 Å². The van der Waals surface area contributed by atoms with Crippen LogP contribution < -0.4 is 10.1 Å². The molecule has 15 nitrogen and oxygen atoms in total. The van der Waals surface area contributed by atoms with Gasteiger partial charge in [0, 0.05) is 101 Å². The van der Waals surface area contributed by atoms with E-state index >= 15 is 0 Å². The quantitative estimate of drug-likeness (QED) is 0.0365. The zero-order valence-corrected chi connectivity index (χ0v) is 38.7. The Morgan fingerprint density at radius 2 is 1.28 bits per heavy atom. The van der Waals surface area contributed by atoms with Gasteiger partial charge in [-0.1, -0.05) is 12.1 Å². The molecule has 1 N–H and O–H groups in total. The van der Waals surface area contributed by atoms with E-state index in [1.807, 2.05) is 89.6 Å². The number of aromatic nitrogens is 6. The fraction of sp³-hybridized carbons (Fsp3) is 0.360. The average Bonchev–Trinajstić information content (AvgIpc) is 4.02. The molecule has 0 aliphatic rings. The summed E-state index contributed by atoms with van der Waals surface area (Å²) in [6.45, 7) is 11.9. The van der Waals surface area contributed by atoms with Crippen molar-refractivity contribution in [3.8, 4) is 5.75 Å². The highest BCUT2D eigenvalue weighted by Gasteiger charge is 2.34. The van der Waals surface area contributed by atoms with Gasteiger partial charge in [0.05, 0.1) is 44.7 Å². The van der Waals surface area contributed by atoms with Gasteiger partial charge < -0.3 is 28.3 Å². The number of fused-ring (bicyclic) bond motifs is 3. The van der Waals surface area contributed by atoms with Crippen LogP contribution in [0.15, 0.2) is 91.8 Å². The lowest BCUT2D eigenvalue weighted by Gasteiger charge is -2.30. The summed E-state index contributed by atoms with van der Waals surface area (Å²) in [4.78, 5) is 74.5. The van der Waals surface area contributed by atoms with Crippen molar-refractivity contribution in [2.75, 3.05) is 6.54 Å². The number of ether oxygens (including phenoxy) is 1. The SMILES string of the molecule is Cn1cc(CC(=O)C(C)(C)c2cc(CC(=O)c3cc([N+](=O)[O-])cn3C)cn2C)cc1C(=O)Cc1cc(C(=O)C(C)(C)NCCC(C)(C)Oc2ccnc3c2ccc2cccnc23)n(C)c1. The van der Waals surface area contributed by atoms with Crippen molar-refractivity contribution in [1.82, 2.24) is 33.6 Å². The summed E-state index contributed by atoms with van der Waals surface area (Å²) in [6, 6.07) is 16.4. The molecule has 0 spiro atoms. The molecular formula is C50H56N8O7. The van der Waals surface area contributed by atoms with E-state index in [0.717, 1.165) is 21.8 Å². The molecule has 0 atom stereocenters. The van der Waals surface area contributed by atoms with E-state index in [2.05, 4.69) is 15.3 Å².